The Morgan fingerprint density at radius 3 is 2.57 bits per heavy atom. The predicted octanol–water partition coefficient (Wildman–Crippen LogP) is 3.24. The number of alkyl halides is 4. The third-order valence-corrected chi connectivity index (χ3v) is 3.39. The van der Waals surface area contributed by atoms with Gasteiger partial charge in [0, 0.05) is 18.0 Å². The number of halogens is 4. The van der Waals surface area contributed by atoms with E-state index in [9.17, 15) is 22.4 Å². The zero-order chi connectivity index (χ0) is 20.7. The number of esters is 1. The molecule has 2 rings (SSSR count). The molecule has 0 saturated heterocycles. The number of nitrogens with zero attached hydrogens (tertiary/aromatic N) is 3. The zero-order valence-corrected chi connectivity index (χ0v) is 14.6. The molecule has 0 spiro atoms. The third-order valence-electron chi connectivity index (χ3n) is 3.39. The second kappa shape index (κ2) is 9.11. The summed E-state index contributed by atoms with van der Waals surface area (Å²) in [5, 5.41) is 3.25. The molecular weight excluding hydrogens is 384 g/mol. The van der Waals surface area contributed by atoms with Crippen molar-refractivity contribution in [2.45, 2.75) is 19.3 Å². The average molecular weight is 400 g/mol. The molecular formula is C17H16F4N4O3. The molecule has 0 aliphatic rings. The van der Waals surface area contributed by atoms with Crippen LogP contribution in [0.1, 0.15) is 24.5 Å². The molecule has 0 fully saturated rings. The van der Waals surface area contributed by atoms with Crippen molar-refractivity contribution in [2.75, 3.05) is 13.2 Å². The van der Waals surface area contributed by atoms with Crippen molar-refractivity contribution < 1.29 is 31.6 Å². The number of hydrogen-bond acceptors (Lipinski definition) is 7. The summed E-state index contributed by atoms with van der Waals surface area (Å²) in [6.45, 7) is 1.49. The van der Waals surface area contributed by atoms with E-state index in [1.165, 1.54) is 24.3 Å². The lowest BCUT2D eigenvalue weighted by molar-refractivity contribution is -0.159. The largest absolute Gasteiger partial charge is 0.471 e. The Labute approximate surface area is 156 Å². The van der Waals surface area contributed by atoms with E-state index in [-0.39, 0.29) is 35.7 Å². The minimum Gasteiger partial charge on any atom is -0.462 e. The zero-order valence-electron chi connectivity index (χ0n) is 14.6. The van der Waals surface area contributed by atoms with Crippen molar-refractivity contribution in [3.63, 3.8) is 0 Å². The van der Waals surface area contributed by atoms with E-state index in [1.807, 2.05) is 0 Å². The van der Waals surface area contributed by atoms with Gasteiger partial charge in [0.2, 0.25) is 5.82 Å². The molecule has 11 heteroatoms. The van der Waals surface area contributed by atoms with Gasteiger partial charge in [-0.15, -0.1) is 0 Å². The molecule has 1 atom stereocenters. The summed E-state index contributed by atoms with van der Waals surface area (Å²) >= 11 is 0. The maximum Gasteiger partial charge on any atom is 0.471 e. The fourth-order valence-corrected chi connectivity index (χ4v) is 2.02. The van der Waals surface area contributed by atoms with Crippen LogP contribution in [-0.4, -0.2) is 35.5 Å². The van der Waals surface area contributed by atoms with Crippen molar-refractivity contribution in [3.8, 4) is 11.4 Å². The topological polar surface area (TPSA) is 104 Å². The fraction of sp³-hybridized carbons (Fsp3) is 0.294. The number of carbonyl (C=O) groups is 1. The van der Waals surface area contributed by atoms with Crippen LogP contribution in [0.5, 0.6) is 0 Å². The summed E-state index contributed by atoms with van der Waals surface area (Å²) < 4.78 is 60.6. The van der Waals surface area contributed by atoms with Gasteiger partial charge >= 0.3 is 18.0 Å². The van der Waals surface area contributed by atoms with E-state index in [1.54, 1.807) is 6.92 Å². The lowest BCUT2D eigenvalue weighted by atomic mass is 10.1. The first-order valence-electron chi connectivity index (χ1n) is 8.00. The molecule has 1 aromatic carbocycles. The summed E-state index contributed by atoms with van der Waals surface area (Å²) in [5.74, 6) is -2.40. The van der Waals surface area contributed by atoms with Gasteiger partial charge in [-0.3, -0.25) is 4.99 Å². The van der Waals surface area contributed by atoms with Crippen LogP contribution < -0.4 is 5.73 Å². The quantitative estimate of drug-likeness (QED) is 0.331. The number of hydrogen-bond donors (Lipinski definition) is 1. The number of aliphatic imine (C=N–C) groups is 1. The average Bonchev–Trinajstić information content (AvgIpc) is 3.16. The third kappa shape index (κ3) is 5.38. The lowest BCUT2D eigenvalue weighted by Crippen LogP contribution is -2.11. The maximum atomic E-state index is 14.3. The van der Waals surface area contributed by atoms with Gasteiger partial charge in [-0.1, -0.05) is 29.4 Å². The molecule has 2 N–H and O–H groups in total. The van der Waals surface area contributed by atoms with Crippen LogP contribution in [0.3, 0.4) is 0 Å². The van der Waals surface area contributed by atoms with Gasteiger partial charge < -0.3 is 15.0 Å². The monoisotopic (exact) mass is 400 g/mol. The van der Waals surface area contributed by atoms with Crippen molar-refractivity contribution in [1.29, 1.82) is 0 Å². The van der Waals surface area contributed by atoms with Crippen molar-refractivity contribution in [2.24, 2.45) is 10.7 Å². The van der Waals surface area contributed by atoms with Gasteiger partial charge in [0.1, 0.15) is 6.17 Å². The molecule has 0 aliphatic heterocycles. The Bertz CT molecular complexity index is 860. The van der Waals surface area contributed by atoms with Gasteiger partial charge in [-0.2, -0.15) is 18.2 Å². The Morgan fingerprint density at radius 1 is 1.36 bits per heavy atom. The number of aromatic nitrogens is 2. The Balaban J connectivity index is 2.02. The molecule has 28 heavy (non-hydrogen) atoms. The molecule has 1 unspecified atom stereocenters. The summed E-state index contributed by atoms with van der Waals surface area (Å²) in [7, 11) is 0. The van der Waals surface area contributed by atoms with Crippen LogP contribution in [0.4, 0.5) is 17.6 Å². The molecule has 0 saturated carbocycles. The minimum atomic E-state index is -4.74. The second-order valence-corrected chi connectivity index (χ2v) is 5.35. The SMILES string of the molecule is CCOC(=O)C(C=NCC(F)c1ccc(-c2noc(C(F)(F)F)n2)cc1)=CN. The van der Waals surface area contributed by atoms with E-state index >= 15 is 0 Å². The normalized spacial score (nSPS) is 13.7. The van der Waals surface area contributed by atoms with Gasteiger partial charge in [0.15, 0.2) is 0 Å². The summed E-state index contributed by atoms with van der Waals surface area (Å²) in [6.07, 6.45) is -4.14. The number of nitrogens with two attached hydrogens (primary N) is 1. The summed E-state index contributed by atoms with van der Waals surface area (Å²) in [4.78, 5) is 18.6. The van der Waals surface area contributed by atoms with Crippen LogP contribution >= 0.6 is 0 Å². The highest BCUT2D eigenvalue weighted by atomic mass is 19.4. The van der Waals surface area contributed by atoms with Gasteiger partial charge in [-0.05, 0) is 12.5 Å². The Morgan fingerprint density at radius 2 is 2.04 bits per heavy atom. The summed E-state index contributed by atoms with van der Waals surface area (Å²) in [5.41, 5.74) is 5.74. The van der Waals surface area contributed by atoms with Crippen LogP contribution in [0.25, 0.3) is 11.4 Å². The van der Waals surface area contributed by atoms with E-state index in [0.717, 1.165) is 12.4 Å². The lowest BCUT2D eigenvalue weighted by Gasteiger charge is -2.06. The van der Waals surface area contributed by atoms with Crippen molar-refractivity contribution >= 4 is 12.2 Å². The predicted molar refractivity (Wildman–Crippen MR) is 90.8 cm³/mol. The minimum absolute atomic E-state index is 0.0121. The molecule has 1 heterocycles. The second-order valence-electron chi connectivity index (χ2n) is 5.35. The standard InChI is InChI=1S/C17H16F4N4O3/c1-2-27-15(26)12(7-22)8-23-9-13(18)10-3-5-11(6-4-10)14-24-16(28-25-14)17(19,20)21/h3-8,13H,2,9,22H2,1H3. The van der Waals surface area contributed by atoms with Gasteiger partial charge in [0.25, 0.3) is 0 Å². The van der Waals surface area contributed by atoms with E-state index in [0.29, 0.717) is 0 Å². The maximum absolute atomic E-state index is 14.3. The Kier molecular flexibility index (Phi) is 6.85. The van der Waals surface area contributed by atoms with Gasteiger partial charge in [0.05, 0.1) is 18.7 Å². The van der Waals surface area contributed by atoms with E-state index < -0.39 is 24.2 Å². The first-order valence-corrected chi connectivity index (χ1v) is 8.00. The molecule has 0 radical (unpaired) electrons. The number of carbonyl (C=O) groups excluding carboxylic acids is 1. The molecule has 1 aromatic heterocycles. The Hall–Kier alpha value is -3.24. The molecule has 2 aromatic rings. The van der Waals surface area contributed by atoms with Gasteiger partial charge in [-0.25, -0.2) is 9.18 Å². The van der Waals surface area contributed by atoms with Crippen molar-refractivity contribution in [3.05, 3.63) is 47.5 Å². The molecule has 0 bridgehead atoms. The highest BCUT2D eigenvalue weighted by Crippen LogP contribution is 2.29. The van der Waals surface area contributed by atoms with Crippen molar-refractivity contribution in [1.82, 2.24) is 10.1 Å². The first-order chi connectivity index (χ1) is 13.3. The van der Waals surface area contributed by atoms with E-state index in [4.69, 9.17) is 10.5 Å². The van der Waals surface area contributed by atoms with Crippen LogP contribution in [0.2, 0.25) is 0 Å². The fourth-order valence-electron chi connectivity index (χ4n) is 2.02. The first kappa shape index (κ1) is 21.1. The smallest absolute Gasteiger partial charge is 0.462 e. The molecule has 0 aliphatic carbocycles. The number of benzene rings is 1. The molecule has 150 valence electrons. The molecule has 0 amide bonds. The summed E-state index contributed by atoms with van der Waals surface area (Å²) in [6, 6.07) is 5.45. The number of rotatable bonds is 7. The van der Waals surface area contributed by atoms with E-state index in [2.05, 4.69) is 19.7 Å². The highest BCUT2D eigenvalue weighted by molar-refractivity contribution is 6.09. The van der Waals surface area contributed by atoms with Crippen LogP contribution in [0, 0.1) is 0 Å². The molecule has 7 nitrogen and oxygen atoms in total. The number of ether oxygens (including phenoxy) is 1. The highest BCUT2D eigenvalue weighted by Gasteiger charge is 2.38. The van der Waals surface area contributed by atoms with Crippen LogP contribution in [-0.2, 0) is 15.7 Å². The van der Waals surface area contributed by atoms with Crippen LogP contribution in [0.15, 0.2) is 45.6 Å².